The molecule has 0 unspecified atom stereocenters. The second-order valence-corrected chi connectivity index (χ2v) is 14.6. The van der Waals surface area contributed by atoms with Crippen molar-refractivity contribution in [2.24, 2.45) is 0 Å². The summed E-state index contributed by atoms with van der Waals surface area (Å²) in [5, 5.41) is 0. The van der Waals surface area contributed by atoms with Gasteiger partial charge in [-0.2, -0.15) is 8.42 Å². The highest BCUT2D eigenvalue weighted by Crippen LogP contribution is 2.42. The lowest BCUT2D eigenvalue weighted by molar-refractivity contribution is -0.658. The van der Waals surface area contributed by atoms with Crippen LogP contribution in [0.5, 0.6) is 5.75 Å². The van der Waals surface area contributed by atoms with Crippen molar-refractivity contribution in [1.82, 2.24) is 0 Å². The van der Waals surface area contributed by atoms with Gasteiger partial charge in [0, 0.05) is 18.7 Å². The van der Waals surface area contributed by atoms with Crippen LogP contribution in [0.15, 0.2) is 88.7 Å². The van der Waals surface area contributed by atoms with Crippen LogP contribution in [0.4, 0.5) is 5.69 Å². The van der Waals surface area contributed by atoms with Crippen molar-refractivity contribution in [3.05, 3.63) is 95.7 Å². The van der Waals surface area contributed by atoms with Crippen molar-refractivity contribution in [1.29, 1.82) is 0 Å². The molecule has 0 aliphatic carbocycles. The number of allylic oxidation sites excluding steroid dienone is 2. The Bertz CT molecular complexity index is 2010. The smallest absolute Gasteiger partial charge is 0.375 e. The Morgan fingerprint density at radius 1 is 1.00 bits per heavy atom. The van der Waals surface area contributed by atoms with Crippen LogP contribution < -0.4 is 14.2 Å². The predicted octanol–water partition coefficient (Wildman–Crippen LogP) is 6.00. The molecule has 3 aromatic carbocycles. The molecular weight excluding hydrogens is 617 g/mol. The van der Waals surface area contributed by atoms with Crippen molar-refractivity contribution < 1.29 is 39.7 Å². The maximum atomic E-state index is 12.0. The lowest BCUT2D eigenvalue weighted by atomic mass is 9.82. The molecule has 1 aliphatic heterocycles. The SMILES string of the molecule is CCC(=Cc1oc2ccc(C(C)(C)CC)cc2[n+]1CS(=O)(=O)[O-])C=C1Oc2ccc(-c3ccccc3)cc2N1CCS(=O)(=O)O. The highest BCUT2D eigenvalue weighted by molar-refractivity contribution is 7.85. The minimum Gasteiger partial charge on any atom is -0.743 e. The van der Waals surface area contributed by atoms with E-state index in [-0.39, 0.29) is 17.9 Å². The normalized spacial score (nSPS) is 15.1. The number of ether oxygens (including phenoxy) is 1. The molecule has 0 fully saturated rings. The third-order valence-electron chi connectivity index (χ3n) is 8.12. The van der Waals surface area contributed by atoms with Gasteiger partial charge in [0.15, 0.2) is 15.9 Å². The molecule has 12 heteroatoms. The molecule has 1 aromatic heterocycles. The molecule has 0 spiro atoms. The molecule has 5 rings (SSSR count). The van der Waals surface area contributed by atoms with E-state index in [9.17, 15) is 25.9 Å². The van der Waals surface area contributed by atoms with Crippen LogP contribution in [0.2, 0.25) is 0 Å². The van der Waals surface area contributed by atoms with Crippen LogP contribution in [0.3, 0.4) is 0 Å². The fraction of sp³-hybridized carbons (Fsp3) is 0.303. The van der Waals surface area contributed by atoms with Crippen molar-refractivity contribution in [3.63, 3.8) is 0 Å². The van der Waals surface area contributed by atoms with Crippen molar-refractivity contribution in [3.8, 4) is 16.9 Å². The molecule has 0 saturated carbocycles. The van der Waals surface area contributed by atoms with Gasteiger partial charge < -0.3 is 18.6 Å². The third kappa shape index (κ3) is 7.47. The van der Waals surface area contributed by atoms with E-state index in [2.05, 4.69) is 20.8 Å². The number of anilines is 1. The summed E-state index contributed by atoms with van der Waals surface area (Å²) in [7, 11) is -8.96. The summed E-state index contributed by atoms with van der Waals surface area (Å²) in [5.41, 5.74) is 4.85. The molecule has 45 heavy (non-hydrogen) atoms. The Morgan fingerprint density at radius 2 is 1.73 bits per heavy atom. The molecule has 2 heterocycles. The van der Waals surface area contributed by atoms with Gasteiger partial charge in [-0.1, -0.05) is 70.2 Å². The first-order valence-corrected chi connectivity index (χ1v) is 17.8. The summed E-state index contributed by atoms with van der Waals surface area (Å²) < 4.78 is 82.5. The fourth-order valence-electron chi connectivity index (χ4n) is 5.14. The van der Waals surface area contributed by atoms with Crippen LogP contribution in [0.25, 0.3) is 28.3 Å². The zero-order valence-electron chi connectivity index (χ0n) is 25.6. The summed E-state index contributed by atoms with van der Waals surface area (Å²) in [6.07, 6.45) is 4.66. The zero-order valence-corrected chi connectivity index (χ0v) is 27.2. The molecule has 238 valence electrons. The first-order valence-electron chi connectivity index (χ1n) is 14.6. The third-order valence-corrected chi connectivity index (χ3v) is 9.39. The second kappa shape index (κ2) is 12.4. The van der Waals surface area contributed by atoms with E-state index in [0.717, 1.165) is 23.1 Å². The number of hydrogen-bond donors (Lipinski definition) is 1. The zero-order chi connectivity index (χ0) is 32.6. The Morgan fingerprint density at radius 3 is 2.38 bits per heavy atom. The topological polar surface area (TPSA) is 141 Å². The molecule has 1 N–H and O–H groups in total. The van der Waals surface area contributed by atoms with E-state index in [0.29, 0.717) is 40.4 Å². The summed E-state index contributed by atoms with van der Waals surface area (Å²) in [5.74, 6) is -0.363. The van der Waals surface area contributed by atoms with Gasteiger partial charge >= 0.3 is 5.89 Å². The van der Waals surface area contributed by atoms with Crippen LogP contribution in [-0.2, 0) is 31.5 Å². The predicted molar refractivity (Wildman–Crippen MR) is 172 cm³/mol. The summed E-state index contributed by atoms with van der Waals surface area (Å²) in [4.78, 5) is 1.67. The Labute approximate surface area is 263 Å². The van der Waals surface area contributed by atoms with E-state index in [1.165, 1.54) is 4.57 Å². The highest BCUT2D eigenvalue weighted by Gasteiger charge is 2.30. The fourth-order valence-corrected chi connectivity index (χ4v) is 6.14. The Hall–Kier alpha value is -3.97. The van der Waals surface area contributed by atoms with E-state index in [1.807, 2.05) is 61.5 Å². The molecular formula is C33H36N2O8S2. The average molecular weight is 653 g/mol. The van der Waals surface area contributed by atoms with E-state index >= 15 is 0 Å². The van der Waals surface area contributed by atoms with Crippen LogP contribution in [0.1, 0.15) is 52.0 Å². The summed E-state index contributed by atoms with van der Waals surface area (Å²) in [6.45, 7) is 8.04. The van der Waals surface area contributed by atoms with Gasteiger partial charge in [0.2, 0.25) is 17.3 Å². The quantitative estimate of drug-likeness (QED) is 0.153. The van der Waals surface area contributed by atoms with Gasteiger partial charge in [-0.15, -0.1) is 4.57 Å². The lowest BCUT2D eigenvalue weighted by Crippen LogP contribution is -2.39. The molecule has 1 aliphatic rings. The van der Waals surface area contributed by atoms with Gasteiger partial charge in [0.25, 0.3) is 15.6 Å². The number of nitrogens with zero attached hydrogens (tertiary/aromatic N) is 2. The van der Waals surface area contributed by atoms with Crippen LogP contribution >= 0.6 is 0 Å². The number of benzene rings is 3. The molecule has 0 radical (unpaired) electrons. The number of oxazole rings is 1. The maximum Gasteiger partial charge on any atom is 0.375 e. The van der Waals surface area contributed by atoms with Gasteiger partial charge in [-0.3, -0.25) is 4.55 Å². The lowest BCUT2D eigenvalue weighted by Gasteiger charge is -2.22. The molecule has 0 atom stereocenters. The van der Waals surface area contributed by atoms with Gasteiger partial charge in [-0.25, -0.2) is 8.42 Å². The van der Waals surface area contributed by atoms with Crippen LogP contribution in [-0.4, -0.2) is 38.2 Å². The monoisotopic (exact) mass is 652 g/mol. The van der Waals surface area contributed by atoms with Crippen molar-refractivity contribution in [2.75, 3.05) is 17.2 Å². The Kier molecular flexibility index (Phi) is 8.96. The van der Waals surface area contributed by atoms with E-state index in [1.54, 1.807) is 29.2 Å². The molecule has 4 aromatic rings. The number of hydrogen-bond acceptors (Lipinski definition) is 8. The summed E-state index contributed by atoms with van der Waals surface area (Å²) in [6, 6.07) is 20.9. The number of aromatic nitrogens is 1. The van der Waals surface area contributed by atoms with E-state index < -0.39 is 31.9 Å². The van der Waals surface area contributed by atoms with Gasteiger partial charge in [-0.05, 0) is 58.7 Å². The summed E-state index contributed by atoms with van der Waals surface area (Å²) >= 11 is 0. The molecule has 0 saturated heterocycles. The highest BCUT2D eigenvalue weighted by atomic mass is 32.2. The average Bonchev–Trinajstić information content (AvgIpc) is 3.50. The first-order chi connectivity index (χ1) is 21.2. The molecule has 0 bridgehead atoms. The largest absolute Gasteiger partial charge is 0.743 e. The molecule has 0 amide bonds. The van der Waals surface area contributed by atoms with Gasteiger partial charge in [0.05, 0.1) is 17.5 Å². The van der Waals surface area contributed by atoms with Crippen LogP contribution in [0, 0.1) is 0 Å². The second-order valence-electron chi connectivity index (χ2n) is 11.6. The first kappa shape index (κ1) is 32.4. The molecule has 10 nitrogen and oxygen atoms in total. The number of rotatable bonds is 11. The van der Waals surface area contributed by atoms with Gasteiger partial charge in [0.1, 0.15) is 0 Å². The minimum atomic E-state index is -4.68. The maximum absolute atomic E-state index is 12.0. The standard InChI is InChI=1S/C33H36N2O8S2/c1-5-23(19-32-35(22-45(39,40)41)28-21-26(33(3,4)6-2)13-15-30(28)43-32)18-31-34(16-17-44(36,37)38)27-20-25(12-14-29(27)42-31)24-10-8-7-9-11-24/h7-15,18-21H,5-6,16-17,22H2,1-4H3,(H-,36,37,38,39,40,41). The minimum absolute atomic E-state index is 0.0814. The Balaban J connectivity index is 1.60. The van der Waals surface area contributed by atoms with Crippen molar-refractivity contribution in [2.45, 2.75) is 51.8 Å². The number of fused-ring (bicyclic) bond motifs is 2. The van der Waals surface area contributed by atoms with Crippen molar-refractivity contribution >= 4 is 43.1 Å². The van der Waals surface area contributed by atoms with E-state index in [4.69, 9.17) is 9.15 Å².